The Kier molecular flexibility index (Phi) is 3.73. The number of H-pyrrole nitrogens is 1. The number of fused-ring (bicyclic) bond motifs is 1. The van der Waals surface area contributed by atoms with E-state index in [1.807, 2.05) is 25.3 Å². The van der Waals surface area contributed by atoms with E-state index in [0.29, 0.717) is 21.7 Å². The van der Waals surface area contributed by atoms with Crippen LogP contribution in [-0.4, -0.2) is 21.0 Å². The molecule has 0 bridgehead atoms. The largest absolute Gasteiger partial charge is 0.478 e. The first kappa shape index (κ1) is 14.4. The summed E-state index contributed by atoms with van der Waals surface area (Å²) in [6, 6.07) is 7.27. The number of anilines is 2. The van der Waals surface area contributed by atoms with Crippen LogP contribution in [0.15, 0.2) is 36.7 Å². The van der Waals surface area contributed by atoms with E-state index in [4.69, 9.17) is 11.6 Å². The summed E-state index contributed by atoms with van der Waals surface area (Å²) in [7, 11) is 0. The van der Waals surface area contributed by atoms with E-state index in [2.05, 4.69) is 15.3 Å². The molecule has 0 atom stereocenters. The number of aromatic nitrogens is 2. The molecule has 0 spiro atoms. The third-order valence-electron chi connectivity index (χ3n) is 3.49. The molecule has 2 aromatic heterocycles. The minimum atomic E-state index is -0.985. The van der Waals surface area contributed by atoms with Gasteiger partial charge in [-0.25, -0.2) is 9.78 Å². The molecule has 1 aromatic carbocycles. The summed E-state index contributed by atoms with van der Waals surface area (Å²) in [4.78, 5) is 18.8. The molecule has 5 nitrogen and oxygen atoms in total. The number of aromatic carboxylic acids is 1. The zero-order chi connectivity index (χ0) is 15.7. The first-order chi connectivity index (χ1) is 10.6. The van der Waals surface area contributed by atoms with Gasteiger partial charge in [-0.2, -0.15) is 0 Å². The van der Waals surface area contributed by atoms with E-state index in [-0.39, 0.29) is 5.56 Å². The van der Waals surface area contributed by atoms with Gasteiger partial charge in [0, 0.05) is 28.5 Å². The van der Waals surface area contributed by atoms with Crippen molar-refractivity contribution in [1.82, 2.24) is 9.97 Å². The van der Waals surface area contributed by atoms with Crippen LogP contribution in [0.4, 0.5) is 11.5 Å². The number of hydrogen-bond donors (Lipinski definition) is 3. The first-order valence-corrected chi connectivity index (χ1v) is 7.22. The smallest absolute Gasteiger partial charge is 0.337 e. The van der Waals surface area contributed by atoms with Gasteiger partial charge in [-0.1, -0.05) is 24.6 Å². The van der Waals surface area contributed by atoms with Gasteiger partial charge >= 0.3 is 5.97 Å². The van der Waals surface area contributed by atoms with Crippen LogP contribution in [0.2, 0.25) is 5.02 Å². The number of carboxylic acids is 1. The van der Waals surface area contributed by atoms with Crippen LogP contribution < -0.4 is 5.32 Å². The van der Waals surface area contributed by atoms with E-state index >= 15 is 0 Å². The second-order valence-electron chi connectivity index (χ2n) is 4.88. The van der Waals surface area contributed by atoms with Crippen molar-refractivity contribution in [2.24, 2.45) is 0 Å². The third-order valence-corrected chi connectivity index (χ3v) is 3.72. The summed E-state index contributed by atoms with van der Waals surface area (Å²) >= 11 is 5.98. The molecule has 0 unspecified atom stereocenters. The Morgan fingerprint density at radius 2 is 2.27 bits per heavy atom. The van der Waals surface area contributed by atoms with E-state index in [0.717, 1.165) is 17.7 Å². The molecule has 0 saturated heterocycles. The zero-order valence-electron chi connectivity index (χ0n) is 11.9. The lowest BCUT2D eigenvalue weighted by atomic mass is 10.1. The van der Waals surface area contributed by atoms with Crippen molar-refractivity contribution in [3.05, 3.63) is 52.8 Å². The monoisotopic (exact) mass is 315 g/mol. The van der Waals surface area contributed by atoms with Crippen molar-refractivity contribution >= 4 is 40.0 Å². The highest BCUT2D eigenvalue weighted by Crippen LogP contribution is 2.30. The third kappa shape index (κ3) is 2.51. The van der Waals surface area contributed by atoms with Crippen molar-refractivity contribution in [2.45, 2.75) is 13.3 Å². The van der Waals surface area contributed by atoms with Crippen LogP contribution in [0.3, 0.4) is 0 Å². The molecule has 3 aromatic rings. The van der Waals surface area contributed by atoms with Gasteiger partial charge in [0.05, 0.1) is 11.1 Å². The van der Waals surface area contributed by atoms with E-state index < -0.39 is 5.97 Å². The van der Waals surface area contributed by atoms with Gasteiger partial charge in [0.15, 0.2) is 5.82 Å². The molecule has 6 heteroatoms. The van der Waals surface area contributed by atoms with Crippen molar-refractivity contribution in [1.29, 1.82) is 0 Å². The fourth-order valence-corrected chi connectivity index (χ4v) is 2.65. The lowest BCUT2D eigenvalue weighted by molar-refractivity contribution is 0.0698. The minimum Gasteiger partial charge on any atom is -0.478 e. The Morgan fingerprint density at radius 3 is 2.95 bits per heavy atom. The molecule has 0 saturated carbocycles. The van der Waals surface area contributed by atoms with Gasteiger partial charge in [-0.05, 0) is 30.2 Å². The van der Waals surface area contributed by atoms with Crippen LogP contribution in [0.1, 0.15) is 22.8 Å². The molecule has 0 fully saturated rings. The Hall–Kier alpha value is -2.53. The average Bonchev–Trinajstić information content (AvgIpc) is 2.91. The number of benzene rings is 1. The standard InChI is InChI=1S/C16H14ClN3O2/c1-2-9-7-18-14-13(9)12(16(21)22)8-19-15(14)20-11-5-3-4-10(17)6-11/h3-8,18H,2H2,1H3,(H,19,20)(H,21,22). The van der Waals surface area contributed by atoms with Crippen molar-refractivity contribution in [3.8, 4) is 0 Å². The quantitative estimate of drug-likeness (QED) is 0.673. The summed E-state index contributed by atoms with van der Waals surface area (Å²) in [5.74, 6) is -0.414. The number of nitrogens with one attached hydrogen (secondary N) is 2. The predicted molar refractivity (Wildman–Crippen MR) is 87.2 cm³/mol. The summed E-state index contributed by atoms with van der Waals surface area (Å²) < 4.78 is 0. The first-order valence-electron chi connectivity index (χ1n) is 6.85. The number of rotatable bonds is 4. The van der Waals surface area contributed by atoms with Gasteiger partial charge in [-0.15, -0.1) is 0 Å². The Bertz CT molecular complexity index is 858. The topological polar surface area (TPSA) is 78.0 Å². The minimum absolute atomic E-state index is 0.199. The molecule has 3 N–H and O–H groups in total. The maximum absolute atomic E-state index is 11.4. The number of halogens is 1. The molecule has 0 amide bonds. The summed E-state index contributed by atoms with van der Waals surface area (Å²) in [5.41, 5.74) is 2.61. The number of aromatic amines is 1. The summed E-state index contributed by atoms with van der Waals surface area (Å²) in [6.07, 6.45) is 3.94. The van der Waals surface area contributed by atoms with Gasteiger partial charge in [0.1, 0.15) is 0 Å². The molecule has 0 aliphatic heterocycles. The van der Waals surface area contributed by atoms with Crippen LogP contribution in [0.25, 0.3) is 10.9 Å². The maximum atomic E-state index is 11.4. The van der Waals surface area contributed by atoms with Crippen LogP contribution >= 0.6 is 11.6 Å². The normalized spacial score (nSPS) is 10.8. The Labute approximate surface area is 132 Å². The molecular formula is C16H14ClN3O2. The van der Waals surface area contributed by atoms with Crippen molar-refractivity contribution < 1.29 is 9.90 Å². The van der Waals surface area contributed by atoms with Crippen molar-refractivity contribution in [2.75, 3.05) is 5.32 Å². The Morgan fingerprint density at radius 1 is 1.45 bits per heavy atom. The van der Waals surface area contributed by atoms with Crippen molar-refractivity contribution in [3.63, 3.8) is 0 Å². The number of carbonyl (C=O) groups is 1. The summed E-state index contributed by atoms with van der Waals surface area (Å²) in [5, 5.41) is 13.8. The highest BCUT2D eigenvalue weighted by atomic mass is 35.5. The predicted octanol–water partition coefficient (Wildman–Crippen LogP) is 4.22. The Balaban J connectivity index is 2.13. The fraction of sp³-hybridized carbons (Fsp3) is 0.125. The van der Waals surface area contributed by atoms with Gasteiger partial charge in [0.25, 0.3) is 0 Å². The highest BCUT2D eigenvalue weighted by molar-refractivity contribution is 6.30. The van der Waals surface area contributed by atoms with E-state index in [1.54, 1.807) is 12.1 Å². The molecule has 2 heterocycles. The number of hydrogen-bond acceptors (Lipinski definition) is 3. The SMILES string of the molecule is CCc1c[nH]c2c(Nc3cccc(Cl)c3)ncc(C(=O)O)c12. The molecular weight excluding hydrogens is 302 g/mol. The van der Waals surface area contributed by atoms with Crippen LogP contribution in [0, 0.1) is 0 Å². The average molecular weight is 316 g/mol. The lowest BCUT2D eigenvalue weighted by Crippen LogP contribution is -2.02. The second-order valence-corrected chi connectivity index (χ2v) is 5.31. The van der Waals surface area contributed by atoms with Crippen LogP contribution in [-0.2, 0) is 6.42 Å². The zero-order valence-corrected chi connectivity index (χ0v) is 12.6. The number of carboxylic acid groups (broad SMARTS) is 1. The van der Waals surface area contributed by atoms with E-state index in [9.17, 15) is 9.90 Å². The molecule has 3 rings (SSSR count). The number of aryl methyl sites for hydroxylation is 1. The van der Waals surface area contributed by atoms with Crippen LogP contribution in [0.5, 0.6) is 0 Å². The number of nitrogens with zero attached hydrogens (tertiary/aromatic N) is 1. The van der Waals surface area contributed by atoms with Gasteiger partial charge in [0.2, 0.25) is 0 Å². The van der Waals surface area contributed by atoms with E-state index in [1.165, 1.54) is 6.20 Å². The number of pyridine rings is 1. The molecule has 0 aliphatic rings. The van der Waals surface area contributed by atoms with Gasteiger partial charge < -0.3 is 15.4 Å². The fourth-order valence-electron chi connectivity index (χ4n) is 2.46. The molecule has 112 valence electrons. The summed E-state index contributed by atoms with van der Waals surface area (Å²) in [6.45, 7) is 1.98. The molecule has 0 radical (unpaired) electrons. The molecule has 22 heavy (non-hydrogen) atoms. The lowest BCUT2D eigenvalue weighted by Gasteiger charge is -2.09. The molecule has 0 aliphatic carbocycles. The maximum Gasteiger partial charge on any atom is 0.337 e. The van der Waals surface area contributed by atoms with Gasteiger partial charge in [-0.3, -0.25) is 0 Å². The highest BCUT2D eigenvalue weighted by Gasteiger charge is 2.17. The second kappa shape index (κ2) is 5.69.